The van der Waals surface area contributed by atoms with E-state index in [1.807, 2.05) is 0 Å². The highest BCUT2D eigenvalue weighted by Crippen LogP contribution is 2.33. The van der Waals surface area contributed by atoms with Crippen molar-refractivity contribution < 1.29 is 17.9 Å². The van der Waals surface area contributed by atoms with Gasteiger partial charge in [-0.15, -0.1) is 0 Å². The largest absolute Gasteiger partial charge is 0.457 e. The number of esters is 1. The summed E-state index contributed by atoms with van der Waals surface area (Å²) in [6, 6.07) is 12.9. The molecule has 3 rings (SSSR count). The predicted molar refractivity (Wildman–Crippen MR) is 87.0 cm³/mol. The SMILES string of the molecule is NS(=O)(=O)c1ccc(C2=C(c3ccc(Cl)cc3)C(=O)OC2)cc1. The van der Waals surface area contributed by atoms with Crippen LogP contribution in [0.25, 0.3) is 11.1 Å². The third-order valence-electron chi connectivity index (χ3n) is 3.52. The summed E-state index contributed by atoms with van der Waals surface area (Å²) in [5, 5.41) is 5.65. The summed E-state index contributed by atoms with van der Waals surface area (Å²) >= 11 is 5.87. The Kier molecular flexibility index (Phi) is 3.97. The van der Waals surface area contributed by atoms with Crippen LogP contribution in [0.1, 0.15) is 11.1 Å². The van der Waals surface area contributed by atoms with E-state index in [1.165, 1.54) is 12.1 Å². The Morgan fingerprint density at radius 3 is 2.09 bits per heavy atom. The number of carbonyl (C=O) groups excluding carboxylic acids is 1. The second kappa shape index (κ2) is 5.81. The minimum atomic E-state index is -3.75. The van der Waals surface area contributed by atoms with Crippen LogP contribution in [0.4, 0.5) is 0 Å². The van der Waals surface area contributed by atoms with E-state index < -0.39 is 16.0 Å². The van der Waals surface area contributed by atoms with Crippen molar-refractivity contribution in [3.8, 4) is 0 Å². The van der Waals surface area contributed by atoms with Crippen LogP contribution in [0.5, 0.6) is 0 Å². The molecule has 7 heteroatoms. The Balaban J connectivity index is 2.08. The van der Waals surface area contributed by atoms with Crippen molar-refractivity contribution in [1.29, 1.82) is 0 Å². The molecule has 0 aliphatic carbocycles. The van der Waals surface area contributed by atoms with Gasteiger partial charge < -0.3 is 4.74 Å². The molecule has 23 heavy (non-hydrogen) atoms. The van der Waals surface area contributed by atoms with Crippen molar-refractivity contribution in [2.24, 2.45) is 5.14 Å². The van der Waals surface area contributed by atoms with Crippen molar-refractivity contribution >= 4 is 38.7 Å². The van der Waals surface area contributed by atoms with Crippen molar-refractivity contribution in [2.45, 2.75) is 4.90 Å². The van der Waals surface area contributed by atoms with E-state index in [4.69, 9.17) is 21.5 Å². The van der Waals surface area contributed by atoms with Crippen LogP contribution in [0.15, 0.2) is 53.4 Å². The summed E-state index contributed by atoms with van der Waals surface area (Å²) in [6.45, 7) is 0.130. The van der Waals surface area contributed by atoms with Gasteiger partial charge in [-0.1, -0.05) is 35.9 Å². The minimum absolute atomic E-state index is 0.0140. The van der Waals surface area contributed by atoms with Crippen molar-refractivity contribution in [3.05, 3.63) is 64.7 Å². The number of hydrogen-bond acceptors (Lipinski definition) is 4. The van der Waals surface area contributed by atoms with Gasteiger partial charge in [-0.05, 0) is 35.4 Å². The number of carbonyl (C=O) groups is 1. The lowest BCUT2D eigenvalue weighted by Crippen LogP contribution is -2.11. The van der Waals surface area contributed by atoms with Crippen LogP contribution in [0.3, 0.4) is 0 Å². The first-order valence-electron chi connectivity index (χ1n) is 6.66. The summed E-state index contributed by atoms with van der Waals surface area (Å²) in [4.78, 5) is 12.1. The zero-order valence-electron chi connectivity index (χ0n) is 11.8. The molecule has 0 radical (unpaired) electrons. The number of nitrogens with two attached hydrogens (primary N) is 1. The molecule has 0 fully saturated rings. The van der Waals surface area contributed by atoms with E-state index in [-0.39, 0.29) is 11.5 Å². The lowest BCUT2D eigenvalue weighted by atomic mass is 9.97. The second-order valence-corrected chi connectivity index (χ2v) is 7.00. The van der Waals surface area contributed by atoms with E-state index in [0.717, 1.165) is 0 Å². The topological polar surface area (TPSA) is 86.5 Å². The molecule has 0 amide bonds. The Bertz CT molecular complexity index is 900. The molecule has 0 saturated heterocycles. The van der Waals surface area contributed by atoms with Gasteiger partial charge in [-0.2, -0.15) is 0 Å². The number of rotatable bonds is 3. The normalized spacial score (nSPS) is 15.0. The van der Waals surface area contributed by atoms with Crippen LogP contribution in [0.2, 0.25) is 5.02 Å². The van der Waals surface area contributed by atoms with Gasteiger partial charge >= 0.3 is 5.97 Å². The highest BCUT2D eigenvalue weighted by atomic mass is 35.5. The van der Waals surface area contributed by atoms with Crippen molar-refractivity contribution in [2.75, 3.05) is 6.61 Å². The first-order valence-corrected chi connectivity index (χ1v) is 8.58. The molecule has 0 atom stereocenters. The zero-order valence-corrected chi connectivity index (χ0v) is 13.4. The number of primary sulfonamides is 1. The standard InChI is InChI=1S/C16H12ClNO4S/c17-12-5-1-11(2-6-12)15-14(9-22-16(15)19)10-3-7-13(8-4-10)23(18,20)21/h1-8H,9H2,(H2,18,20,21). The lowest BCUT2D eigenvalue weighted by Gasteiger charge is -2.06. The van der Waals surface area contributed by atoms with Gasteiger partial charge in [0.05, 0.1) is 10.5 Å². The number of hydrogen-bond donors (Lipinski definition) is 1. The van der Waals surface area contributed by atoms with Gasteiger partial charge in [0.2, 0.25) is 10.0 Å². The fraction of sp³-hybridized carbons (Fsp3) is 0.0625. The van der Waals surface area contributed by atoms with Crippen LogP contribution in [-0.4, -0.2) is 21.0 Å². The molecule has 118 valence electrons. The molecule has 0 spiro atoms. The summed E-state index contributed by atoms with van der Waals surface area (Å²) in [7, 11) is -3.75. The van der Waals surface area contributed by atoms with E-state index in [1.54, 1.807) is 36.4 Å². The first-order chi connectivity index (χ1) is 10.9. The summed E-state index contributed by atoms with van der Waals surface area (Å²) in [6.07, 6.45) is 0. The molecule has 2 aromatic carbocycles. The van der Waals surface area contributed by atoms with Gasteiger partial charge in [0, 0.05) is 10.6 Å². The number of cyclic esters (lactones) is 1. The highest BCUT2D eigenvalue weighted by Gasteiger charge is 2.27. The molecule has 1 heterocycles. The fourth-order valence-electron chi connectivity index (χ4n) is 2.39. The molecule has 1 aliphatic rings. The summed E-state index contributed by atoms with van der Waals surface area (Å²) < 4.78 is 27.7. The Hall–Kier alpha value is -2.15. The zero-order chi connectivity index (χ0) is 16.6. The first kappa shape index (κ1) is 15.7. The smallest absolute Gasteiger partial charge is 0.339 e. The average molecular weight is 350 g/mol. The average Bonchev–Trinajstić information content (AvgIpc) is 2.89. The quantitative estimate of drug-likeness (QED) is 0.862. The molecule has 2 N–H and O–H groups in total. The monoisotopic (exact) mass is 349 g/mol. The second-order valence-electron chi connectivity index (χ2n) is 5.01. The lowest BCUT2D eigenvalue weighted by molar-refractivity contribution is -0.133. The van der Waals surface area contributed by atoms with E-state index in [2.05, 4.69) is 0 Å². The maximum absolute atomic E-state index is 12.0. The maximum atomic E-state index is 12.0. The van der Waals surface area contributed by atoms with Crippen LogP contribution in [0, 0.1) is 0 Å². The third-order valence-corrected chi connectivity index (χ3v) is 4.70. The van der Waals surface area contributed by atoms with Crippen LogP contribution in [-0.2, 0) is 19.6 Å². The van der Waals surface area contributed by atoms with Crippen LogP contribution < -0.4 is 5.14 Å². The maximum Gasteiger partial charge on any atom is 0.339 e. The Morgan fingerprint density at radius 1 is 0.957 bits per heavy atom. The summed E-state index contributed by atoms with van der Waals surface area (Å²) in [5.41, 5.74) is 2.54. The molecule has 5 nitrogen and oxygen atoms in total. The summed E-state index contributed by atoms with van der Waals surface area (Å²) in [5.74, 6) is -0.419. The molecule has 1 aliphatic heterocycles. The number of halogens is 1. The molecule has 0 aromatic heterocycles. The Morgan fingerprint density at radius 2 is 1.52 bits per heavy atom. The molecule has 2 aromatic rings. The van der Waals surface area contributed by atoms with Crippen molar-refractivity contribution in [3.63, 3.8) is 0 Å². The van der Waals surface area contributed by atoms with Gasteiger partial charge in [-0.3, -0.25) is 0 Å². The molecular weight excluding hydrogens is 338 g/mol. The van der Waals surface area contributed by atoms with Gasteiger partial charge in [0.1, 0.15) is 6.61 Å². The highest BCUT2D eigenvalue weighted by molar-refractivity contribution is 7.89. The number of sulfonamides is 1. The Labute approximate surface area is 138 Å². The fourth-order valence-corrected chi connectivity index (χ4v) is 3.03. The number of ether oxygens (including phenoxy) is 1. The molecular formula is C16H12ClNO4S. The molecule has 0 saturated carbocycles. The number of benzene rings is 2. The van der Waals surface area contributed by atoms with Gasteiger partial charge in [0.25, 0.3) is 0 Å². The predicted octanol–water partition coefficient (Wildman–Crippen LogP) is 2.46. The van der Waals surface area contributed by atoms with E-state index in [9.17, 15) is 13.2 Å². The van der Waals surface area contributed by atoms with Gasteiger partial charge in [0.15, 0.2) is 0 Å². The minimum Gasteiger partial charge on any atom is -0.457 e. The van der Waals surface area contributed by atoms with Crippen molar-refractivity contribution in [1.82, 2.24) is 0 Å². The van der Waals surface area contributed by atoms with E-state index >= 15 is 0 Å². The molecule has 0 unspecified atom stereocenters. The molecule has 0 bridgehead atoms. The third kappa shape index (κ3) is 3.14. The van der Waals surface area contributed by atoms with Crippen LogP contribution >= 0.6 is 11.6 Å². The van der Waals surface area contributed by atoms with E-state index in [0.29, 0.717) is 27.3 Å². The van der Waals surface area contributed by atoms with Gasteiger partial charge in [-0.25, -0.2) is 18.4 Å².